The minimum atomic E-state index is -1.36. The van der Waals surface area contributed by atoms with Gasteiger partial charge in [0.25, 0.3) is 5.91 Å². The minimum Gasteiger partial charge on any atom is -0.473 e. The molecule has 3 heterocycles. The second-order valence-electron chi connectivity index (χ2n) is 7.84. The third-order valence-electron chi connectivity index (χ3n) is 5.83. The lowest BCUT2D eigenvalue weighted by Gasteiger charge is -2.29. The molecule has 9 heteroatoms. The molecule has 3 amide bonds. The van der Waals surface area contributed by atoms with E-state index in [0.717, 1.165) is 12.8 Å². The fourth-order valence-corrected chi connectivity index (χ4v) is 4.06. The number of fused-ring (bicyclic) bond motifs is 1. The van der Waals surface area contributed by atoms with Crippen LogP contribution in [0.4, 0.5) is 0 Å². The largest absolute Gasteiger partial charge is 0.473 e. The van der Waals surface area contributed by atoms with Gasteiger partial charge in [0.1, 0.15) is 17.5 Å². The normalized spacial score (nSPS) is 27.5. The summed E-state index contributed by atoms with van der Waals surface area (Å²) < 4.78 is 6.09. The Bertz CT molecular complexity index is 811. The number of pyridine rings is 1. The number of aromatic nitrogens is 1. The van der Waals surface area contributed by atoms with E-state index >= 15 is 0 Å². The number of rotatable bonds is 5. The molecule has 0 unspecified atom stereocenters. The Balaban J connectivity index is 1.63. The zero-order valence-corrected chi connectivity index (χ0v) is 15.8. The lowest BCUT2D eigenvalue weighted by Crippen LogP contribution is -2.54. The van der Waals surface area contributed by atoms with E-state index in [0.29, 0.717) is 23.8 Å². The highest BCUT2D eigenvalue weighted by Crippen LogP contribution is 2.37. The number of nitrogens with one attached hydrogen (secondary N) is 2. The summed E-state index contributed by atoms with van der Waals surface area (Å²) in [7, 11) is 1.73. The summed E-state index contributed by atoms with van der Waals surface area (Å²) in [5.41, 5.74) is 4.84. The monoisotopic (exact) mass is 387 g/mol. The zero-order valence-electron chi connectivity index (χ0n) is 15.8. The van der Waals surface area contributed by atoms with Crippen LogP contribution in [-0.4, -0.2) is 58.9 Å². The van der Waals surface area contributed by atoms with Crippen LogP contribution >= 0.6 is 0 Å². The van der Waals surface area contributed by atoms with Crippen LogP contribution in [0.2, 0.25) is 0 Å². The number of carbonyl (C=O) groups excluding carboxylic acids is 3. The molecule has 28 heavy (non-hydrogen) atoms. The number of ether oxygens (including phenoxy) is 1. The van der Waals surface area contributed by atoms with Gasteiger partial charge in [-0.1, -0.05) is 12.8 Å². The second kappa shape index (κ2) is 7.05. The highest BCUT2D eigenvalue weighted by Gasteiger charge is 2.56. The molecule has 1 saturated heterocycles. The summed E-state index contributed by atoms with van der Waals surface area (Å²) in [5.74, 6) is -0.224. The zero-order chi connectivity index (χ0) is 19.9. The Labute approximate surface area is 163 Å². The Morgan fingerprint density at radius 1 is 1.50 bits per heavy atom. The van der Waals surface area contributed by atoms with Gasteiger partial charge >= 0.3 is 0 Å². The van der Waals surface area contributed by atoms with Crippen molar-refractivity contribution < 1.29 is 19.1 Å². The van der Waals surface area contributed by atoms with Crippen LogP contribution < -0.4 is 21.1 Å². The van der Waals surface area contributed by atoms with Crippen molar-refractivity contribution in [2.45, 2.75) is 49.9 Å². The van der Waals surface area contributed by atoms with Crippen molar-refractivity contribution in [3.8, 4) is 5.75 Å². The van der Waals surface area contributed by atoms with E-state index in [9.17, 15) is 14.4 Å². The first-order valence-corrected chi connectivity index (χ1v) is 9.62. The van der Waals surface area contributed by atoms with Crippen LogP contribution in [0.15, 0.2) is 18.3 Å². The number of hydrogen-bond donors (Lipinski definition) is 3. The molecule has 3 aliphatic rings. The van der Waals surface area contributed by atoms with Crippen molar-refractivity contribution in [3.63, 3.8) is 0 Å². The number of likely N-dealkylation sites (tertiary alicyclic amines) is 1. The number of nitrogens with zero attached hydrogens (tertiary/aromatic N) is 2. The Morgan fingerprint density at radius 2 is 2.29 bits per heavy atom. The maximum absolute atomic E-state index is 13.2. The Hall–Kier alpha value is -2.68. The third kappa shape index (κ3) is 3.30. The van der Waals surface area contributed by atoms with Gasteiger partial charge in [-0.3, -0.25) is 19.4 Å². The van der Waals surface area contributed by atoms with E-state index < -0.39 is 23.6 Å². The van der Waals surface area contributed by atoms with Gasteiger partial charge in [0.2, 0.25) is 17.4 Å². The van der Waals surface area contributed by atoms with Crippen LogP contribution in [0, 0.1) is 5.92 Å². The molecule has 150 valence electrons. The fraction of sp³-hybridized carbons (Fsp3) is 0.579. The van der Waals surface area contributed by atoms with E-state index in [1.165, 1.54) is 4.90 Å². The molecular weight excluding hydrogens is 362 g/mol. The van der Waals surface area contributed by atoms with Crippen LogP contribution in [0.1, 0.15) is 31.4 Å². The first kappa shape index (κ1) is 18.7. The first-order chi connectivity index (χ1) is 13.4. The molecule has 2 fully saturated rings. The molecule has 4 N–H and O–H groups in total. The van der Waals surface area contributed by atoms with E-state index in [1.807, 2.05) is 0 Å². The summed E-state index contributed by atoms with van der Waals surface area (Å²) in [6.07, 6.45) is 4.59. The number of amides is 3. The molecule has 1 aromatic heterocycles. The van der Waals surface area contributed by atoms with Crippen LogP contribution in [0.5, 0.6) is 5.75 Å². The molecule has 2 aliphatic heterocycles. The van der Waals surface area contributed by atoms with Crippen molar-refractivity contribution >= 4 is 17.7 Å². The van der Waals surface area contributed by atoms with Gasteiger partial charge in [-0.05, 0) is 31.5 Å². The molecule has 1 spiro atoms. The number of nitrogens with two attached hydrogens (primary N) is 1. The third-order valence-corrected chi connectivity index (χ3v) is 5.83. The smallest absolute Gasteiger partial charge is 0.266 e. The molecular formula is C19H25N5O4. The lowest BCUT2D eigenvalue weighted by atomic mass is 9.98. The molecule has 1 aliphatic carbocycles. The average molecular weight is 387 g/mol. The summed E-state index contributed by atoms with van der Waals surface area (Å²) in [6, 6.07) is 2.15. The molecule has 4 rings (SSSR count). The number of hydrogen-bond acceptors (Lipinski definition) is 6. The van der Waals surface area contributed by atoms with Gasteiger partial charge in [0.15, 0.2) is 0 Å². The predicted octanol–water partition coefficient (Wildman–Crippen LogP) is -0.697. The molecule has 1 aromatic rings. The predicted molar refractivity (Wildman–Crippen MR) is 98.9 cm³/mol. The molecule has 0 aromatic carbocycles. The summed E-state index contributed by atoms with van der Waals surface area (Å²) in [4.78, 5) is 43.9. The maximum Gasteiger partial charge on any atom is 0.266 e. The first-order valence-electron chi connectivity index (χ1n) is 9.62. The van der Waals surface area contributed by atoms with Crippen LogP contribution in [0.3, 0.4) is 0 Å². The molecule has 0 radical (unpaired) electrons. The number of primary amides is 1. The molecule has 3 atom stereocenters. The van der Waals surface area contributed by atoms with Gasteiger partial charge in [-0.15, -0.1) is 0 Å². The Morgan fingerprint density at radius 3 is 2.96 bits per heavy atom. The fourth-order valence-electron chi connectivity index (χ4n) is 4.06. The minimum absolute atomic E-state index is 0.0219. The van der Waals surface area contributed by atoms with E-state index in [-0.39, 0.29) is 31.3 Å². The standard InChI is InChI=1S/C19H25N5O4/c1-21-12(7-11-4-5-11)17(26)24-10-19(8-14(24)16(20)25)18(27)23-9-13-15(28-19)3-2-6-22-13/h2-3,6,11-12,14,21H,4-5,7-10H2,1H3,(H2,20,25)(H,23,27)/t12-,14-,19+/m0/s1. The molecule has 1 saturated carbocycles. The van der Waals surface area contributed by atoms with Gasteiger partial charge in [0.05, 0.1) is 19.1 Å². The summed E-state index contributed by atoms with van der Waals surface area (Å²) >= 11 is 0. The van der Waals surface area contributed by atoms with E-state index in [1.54, 1.807) is 25.4 Å². The van der Waals surface area contributed by atoms with Crippen LogP contribution in [-0.2, 0) is 20.9 Å². The number of likely N-dealkylation sites (N-methyl/N-ethyl adjacent to an activating group) is 1. The number of carbonyl (C=O) groups is 3. The van der Waals surface area contributed by atoms with Crippen molar-refractivity contribution in [1.82, 2.24) is 20.5 Å². The molecule has 9 nitrogen and oxygen atoms in total. The van der Waals surface area contributed by atoms with Crippen molar-refractivity contribution in [1.29, 1.82) is 0 Å². The van der Waals surface area contributed by atoms with Gasteiger partial charge in [-0.25, -0.2) is 0 Å². The van der Waals surface area contributed by atoms with E-state index in [4.69, 9.17) is 10.5 Å². The summed E-state index contributed by atoms with van der Waals surface area (Å²) in [5, 5.41) is 5.85. The average Bonchev–Trinajstić information content (AvgIpc) is 3.44. The highest BCUT2D eigenvalue weighted by molar-refractivity contribution is 5.94. The highest BCUT2D eigenvalue weighted by atomic mass is 16.5. The van der Waals surface area contributed by atoms with Crippen molar-refractivity contribution in [2.24, 2.45) is 11.7 Å². The van der Waals surface area contributed by atoms with E-state index in [2.05, 4.69) is 15.6 Å². The van der Waals surface area contributed by atoms with Crippen molar-refractivity contribution in [2.75, 3.05) is 13.6 Å². The quantitative estimate of drug-likeness (QED) is 0.613. The van der Waals surface area contributed by atoms with Crippen molar-refractivity contribution in [3.05, 3.63) is 24.0 Å². The van der Waals surface area contributed by atoms with Gasteiger partial charge < -0.3 is 26.0 Å². The summed E-state index contributed by atoms with van der Waals surface area (Å²) in [6.45, 7) is 0.204. The van der Waals surface area contributed by atoms with Gasteiger partial charge in [-0.2, -0.15) is 0 Å². The van der Waals surface area contributed by atoms with Crippen LogP contribution in [0.25, 0.3) is 0 Å². The lowest BCUT2D eigenvalue weighted by molar-refractivity contribution is -0.140. The molecule has 0 bridgehead atoms. The Kier molecular flexibility index (Phi) is 4.70. The maximum atomic E-state index is 13.2. The topological polar surface area (TPSA) is 127 Å². The second-order valence-corrected chi connectivity index (χ2v) is 7.84. The SMILES string of the molecule is CN[C@@H](CC1CC1)C(=O)N1C[C@@]2(C[C@H]1C(N)=O)Oc1cccnc1CNC2=O. The van der Waals surface area contributed by atoms with Gasteiger partial charge in [0, 0.05) is 12.6 Å².